The Kier molecular flexibility index (Phi) is 4.51. The molecule has 0 amide bonds. The molecule has 1 aliphatic rings. The highest BCUT2D eigenvalue weighted by atomic mass is 32.1. The minimum atomic E-state index is 0.698. The van der Waals surface area contributed by atoms with Crippen molar-refractivity contribution in [2.75, 3.05) is 11.9 Å². The lowest BCUT2D eigenvalue weighted by Crippen LogP contribution is -2.30. The maximum Gasteiger partial charge on any atom is 0.170 e. The van der Waals surface area contributed by atoms with Gasteiger partial charge >= 0.3 is 0 Å². The van der Waals surface area contributed by atoms with Gasteiger partial charge in [-0.3, -0.25) is 0 Å². The van der Waals surface area contributed by atoms with E-state index in [9.17, 15) is 0 Å². The zero-order chi connectivity index (χ0) is 14.5. The molecule has 0 aliphatic heterocycles. The molecule has 0 fully saturated rings. The molecule has 0 saturated heterocycles. The fraction of sp³-hybridized carbons (Fsp3) is 0.278. The first-order chi connectivity index (χ1) is 10.3. The predicted octanol–water partition coefficient (Wildman–Crippen LogP) is 3.70. The molecule has 0 unspecified atom stereocenters. The molecule has 0 saturated carbocycles. The van der Waals surface area contributed by atoms with Gasteiger partial charge in [0.15, 0.2) is 5.11 Å². The van der Waals surface area contributed by atoms with Gasteiger partial charge in [-0.1, -0.05) is 36.4 Å². The molecule has 0 radical (unpaired) electrons. The second kappa shape index (κ2) is 6.72. The number of benzene rings is 2. The number of thiocarbonyl (C=S) groups is 1. The summed E-state index contributed by atoms with van der Waals surface area (Å²) in [6.07, 6.45) is 4.67. The maximum atomic E-state index is 5.36. The van der Waals surface area contributed by atoms with Gasteiger partial charge in [0, 0.05) is 12.2 Å². The molecule has 3 heteroatoms. The summed E-state index contributed by atoms with van der Waals surface area (Å²) in [5.74, 6) is 0. The van der Waals surface area contributed by atoms with Gasteiger partial charge in [-0.15, -0.1) is 0 Å². The fourth-order valence-corrected chi connectivity index (χ4v) is 3.01. The van der Waals surface area contributed by atoms with E-state index in [1.54, 1.807) is 0 Å². The summed E-state index contributed by atoms with van der Waals surface area (Å²) >= 11 is 5.36. The zero-order valence-corrected chi connectivity index (χ0v) is 12.9. The summed E-state index contributed by atoms with van der Waals surface area (Å²) in [6.45, 7) is 0.848. The Morgan fingerprint density at radius 3 is 2.67 bits per heavy atom. The van der Waals surface area contributed by atoms with Gasteiger partial charge in [0.2, 0.25) is 0 Å². The molecule has 2 aromatic carbocycles. The largest absolute Gasteiger partial charge is 0.362 e. The van der Waals surface area contributed by atoms with Gasteiger partial charge in [0.05, 0.1) is 0 Å². The van der Waals surface area contributed by atoms with Crippen molar-refractivity contribution in [2.24, 2.45) is 0 Å². The van der Waals surface area contributed by atoms with Crippen LogP contribution in [0.25, 0.3) is 0 Å². The fourth-order valence-electron chi connectivity index (χ4n) is 2.79. The van der Waals surface area contributed by atoms with Gasteiger partial charge in [0.25, 0.3) is 0 Å². The van der Waals surface area contributed by atoms with Crippen LogP contribution in [0.3, 0.4) is 0 Å². The van der Waals surface area contributed by atoms with Crippen LogP contribution < -0.4 is 10.6 Å². The molecule has 0 bridgehead atoms. The first-order valence-electron chi connectivity index (χ1n) is 7.52. The summed E-state index contributed by atoms with van der Waals surface area (Å²) in [5, 5.41) is 7.24. The molecule has 0 aromatic heterocycles. The van der Waals surface area contributed by atoms with Crippen LogP contribution in [0.5, 0.6) is 0 Å². The van der Waals surface area contributed by atoms with Crippen molar-refractivity contribution in [2.45, 2.75) is 25.7 Å². The van der Waals surface area contributed by atoms with Gasteiger partial charge in [-0.05, 0) is 66.7 Å². The van der Waals surface area contributed by atoms with Crippen LogP contribution in [0.15, 0.2) is 48.5 Å². The quantitative estimate of drug-likeness (QED) is 0.841. The Morgan fingerprint density at radius 1 is 1.00 bits per heavy atom. The molecule has 0 heterocycles. The van der Waals surface area contributed by atoms with Gasteiger partial charge in [-0.25, -0.2) is 0 Å². The Bertz CT molecular complexity index is 622. The number of fused-ring (bicyclic) bond motifs is 1. The summed E-state index contributed by atoms with van der Waals surface area (Å²) in [5.41, 5.74) is 5.37. The average Bonchev–Trinajstić information content (AvgIpc) is 2.96. The van der Waals surface area contributed by atoms with E-state index < -0.39 is 0 Å². The molecule has 0 spiro atoms. The van der Waals surface area contributed by atoms with E-state index >= 15 is 0 Å². The van der Waals surface area contributed by atoms with Crippen LogP contribution >= 0.6 is 12.2 Å². The van der Waals surface area contributed by atoms with Crippen molar-refractivity contribution in [3.05, 3.63) is 65.2 Å². The third-order valence-electron chi connectivity index (χ3n) is 3.90. The number of hydrogen-bond donors (Lipinski definition) is 2. The van der Waals surface area contributed by atoms with Crippen LogP contribution in [0.2, 0.25) is 0 Å². The summed E-state index contributed by atoms with van der Waals surface area (Å²) in [7, 11) is 0. The standard InChI is InChI=1S/C18H20N2S/c21-18(19-12-11-14-5-2-1-3-6-14)20-17-10-9-15-7-4-8-16(15)13-17/h1-3,5-6,9-10,13H,4,7-8,11-12H2,(H2,19,20,21). The van der Waals surface area contributed by atoms with E-state index in [-0.39, 0.29) is 0 Å². The summed E-state index contributed by atoms with van der Waals surface area (Å²) in [4.78, 5) is 0. The highest BCUT2D eigenvalue weighted by molar-refractivity contribution is 7.80. The first-order valence-corrected chi connectivity index (χ1v) is 7.93. The highest BCUT2D eigenvalue weighted by Crippen LogP contribution is 2.24. The highest BCUT2D eigenvalue weighted by Gasteiger charge is 2.10. The Morgan fingerprint density at radius 2 is 1.81 bits per heavy atom. The van der Waals surface area contributed by atoms with Gasteiger partial charge in [-0.2, -0.15) is 0 Å². The SMILES string of the molecule is S=C(NCCc1ccccc1)Nc1ccc2c(c1)CCC2. The molecular formula is C18H20N2S. The number of hydrogen-bond acceptors (Lipinski definition) is 1. The van der Waals surface area contributed by atoms with E-state index in [1.807, 2.05) is 6.07 Å². The molecular weight excluding hydrogens is 276 g/mol. The lowest BCUT2D eigenvalue weighted by molar-refractivity contribution is 0.873. The van der Waals surface area contributed by atoms with Crippen molar-refractivity contribution < 1.29 is 0 Å². The third kappa shape index (κ3) is 3.82. The molecule has 1 aliphatic carbocycles. The number of aryl methyl sites for hydroxylation is 2. The summed E-state index contributed by atoms with van der Waals surface area (Å²) < 4.78 is 0. The average molecular weight is 296 g/mol. The third-order valence-corrected chi connectivity index (χ3v) is 4.14. The minimum Gasteiger partial charge on any atom is -0.362 e. The maximum absolute atomic E-state index is 5.36. The Hall–Kier alpha value is -1.87. The van der Waals surface area contributed by atoms with Gasteiger partial charge < -0.3 is 10.6 Å². The number of nitrogens with one attached hydrogen (secondary N) is 2. The van der Waals surface area contributed by atoms with Crippen LogP contribution in [0, 0.1) is 0 Å². The van der Waals surface area contributed by atoms with Crippen LogP contribution in [-0.4, -0.2) is 11.7 Å². The van der Waals surface area contributed by atoms with Crippen LogP contribution in [-0.2, 0) is 19.3 Å². The lowest BCUT2D eigenvalue weighted by Gasteiger charge is -2.11. The van der Waals surface area contributed by atoms with Crippen molar-refractivity contribution >= 4 is 23.0 Å². The molecule has 2 aromatic rings. The molecule has 2 N–H and O–H groups in total. The smallest absolute Gasteiger partial charge is 0.170 e. The lowest BCUT2D eigenvalue weighted by atomic mass is 10.1. The molecule has 2 nitrogen and oxygen atoms in total. The predicted molar refractivity (Wildman–Crippen MR) is 92.8 cm³/mol. The van der Waals surface area contributed by atoms with Crippen molar-refractivity contribution in [1.29, 1.82) is 0 Å². The first kappa shape index (κ1) is 14.1. The van der Waals surface area contributed by atoms with E-state index in [1.165, 1.54) is 36.0 Å². The summed E-state index contributed by atoms with van der Waals surface area (Å²) in [6, 6.07) is 17.0. The van der Waals surface area contributed by atoms with E-state index in [4.69, 9.17) is 12.2 Å². The van der Waals surface area contributed by atoms with Crippen LogP contribution in [0.1, 0.15) is 23.1 Å². The monoisotopic (exact) mass is 296 g/mol. The second-order valence-corrected chi connectivity index (χ2v) is 5.86. The zero-order valence-electron chi connectivity index (χ0n) is 12.1. The Labute approximate surface area is 131 Å². The normalized spacial score (nSPS) is 12.8. The second-order valence-electron chi connectivity index (χ2n) is 5.45. The molecule has 3 rings (SSSR count). The van der Waals surface area contributed by atoms with E-state index in [0.717, 1.165) is 18.7 Å². The molecule has 108 valence electrons. The minimum absolute atomic E-state index is 0.698. The number of rotatable bonds is 4. The van der Waals surface area contributed by atoms with Crippen LogP contribution in [0.4, 0.5) is 5.69 Å². The molecule has 21 heavy (non-hydrogen) atoms. The van der Waals surface area contributed by atoms with Crippen molar-refractivity contribution in [3.63, 3.8) is 0 Å². The van der Waals surface area contributed by atoms with E-state index in [0.29, 0.717) is 5.11 Å². The van der Waals surface area contributed by atoms with Crippen molar-refractivity contribution in [3.8, 4) is 0 Å². The molecule has 0 atom stereocenters. The topological polar surface area (TPSA) is 24.1 Å². The van der Waals surface area contributed by atoms with Crippen molar-refractivity contribution in [1.82, 2.24) is 5.32 Å². The Balaban J connectivity index is 1.48. The van der Waals surface area contributed by atoms with Gasteiger partial charge in [0.1, 0.15) is 0 Å². The van der Waals surface area contributed by atoms with E-state index in [2.05, 4.69) is 53.1 Å². The number of anilines is 1.